The Morgan fingerprint density at radius 2 is 1.60 bits per heavy atom. The van der Waals surface area contributed by atoms with Gasteiger partial charge in [0.05, 0.1) is 0 Å². The average Bonchev–Trinajstić information content (AvgIpc) is 2.34. The van der Waals surface area contributed by atoms with Crippen LogP contribution in [0.5, 0.6) is 0 Å². The van der Waals surface area contributed by atoms with Crippen LogP contribution in [0.4, 0.5) is 0 Å². The van der Waals surface area contributed by atoms with Crippen LogP contribution in [0, 0.1) is 11.8 Å². The smallest absolute Gasteiger partial charge is 0.00258 e. The molecule has 0 aromatic heterocycles. The summed E-state index contributed by atoms with van der Waals surface area (Å²) in [4.78, 5) is 0. The van der Waals surface area contributed by atoms with Gasteiger partial charge in [-0.05, 0) is 54.3 Å². The molecule has 1 aromatic rings. The summed E-state index contributed by atoms with van der Waals surface area (Å²) in [5.74, 6) is 1.49. The Hall–Kier alpha value is -0.820. The van der Waals surface area contributed by atoms with Crippen molar-refractivity contribution in [3.8, 4) is 0 Å². The van der Waals surface area contributed by atoms with Gasteiger partial charge in [-0.3, -0.25) is 0 Å². The quantitative estimate of drug-likeness (QED) is 0.705. The predicted molar refractivity (Wildman–Crippen MR) is 90.3 cm³/mol. The Balaban J connectivity index is 2.37. The summed E-state index contributed by atoms with van der Waals surface area (Å²) in [5, 5.41) is 3.53. The first-order chi connectivity index (χ1) is 9.29. The molecule has 1 aromatic carbocycles. The molecule has 0 amide bonds. The van der Waals surface area contributed by atoms with Crippen LogP contribution in [0.25, 0.3) is 0 Å². The lowest BCUT2D eigenvalue weighted by molar-refractivity contribution is 0.474. The summed E-state index contributed by atoms with van der Waals surface area (Å²) >= 11 is 0. The molecular formula is C19H33N. The minimum atomic E-state index is 0.255. The van der Waals surface area contributed by atoms with E-state index < -0.39 is 0 Å². The summed E-state index contributed by atoms with van der Waals surface area (Å²) in [6, 6.07) is 9.19. The molecule has 0 aliphatic carbocycles. The standard InChI is InChI=1S/C19H33N/c1-15(2)14-20-12-11-16(3)13-17-7-9-18(10-8-17)19(4,5)6/h7-10,15-16,20H,11-14H2,1-6H3. The van der Waals surface area contributed by atoms with Crippen LogP contribution in [0.1, 0.15) is 59.1 Å². The highest BCUT2D eigenvalue weighted by Gasteiger charge is 2.13. The van der Waals surface area contributed by atoms with Gasteiger partial charge in [-0.2, -0.15) is 0 Å². The van der Waals surface area contributed by atoms with Gasteiger partial charge in [-0.15, -0.1) is 0 Å². The summed E-state index contributed by atoms with van der Waals surface area (Å²) in [6.07, 6.45) is 2.45. The molecule has 1 rings (SSSR count). The molecule has 1 N–H and O–H groups in total. The van der Waals surface area contributed by atoms with E-state index in [2.05, 4.69) is 71.1 Å². The van der Waals surface area contributed by atoms with E-state index in [4.69, 9.17) is 0 Å². The van der Waals surface area contributed by atoms with Crippen molar-refractivity contribution in [3.05, 3.63) is 35.4 Å². The van der Waals surface area contributed by atoms with Gasteiger partial charge in [0, 0.05) is 0 Å². The van der Waals surface area contributed by atoms with Crippen LogP contribution >= 0.6 is 0 Å². The average molecular weight is 275 g/mol. The fraction of sp³-hybridized carbons (Fsp3) is 0.684. The van der Waals surface area contributed by atoms with Crippen molar-refractivity contribution in [2.24, 2.45) is 11.8 Å². The fourth-order valence-corrected chi connectivity index (χ4v) is 2.38. The zero-order valence-electron chi connectivity index (χ0n) is 14.3. The summed E-state index contributed by atoms with van der Waals surface area (Å²) in [7, 11) is 0. The third kappa shape index (κ3) is 6.56. The zero-order chi connectivity index (χ0) is 15.2. The molecule has 1 unspecified atom stereocenters. The second kappa shape index (κ2) is 7.83. The third-order valence-electron chi connectivity index (χ3n) is 3.77. The summed E-state index contributed by atoms with van der Waals surface area (Å²) in [5.41, 5.74) is 3.15. The van der Waals surface area contributed by atoms with Gasteiger partial charge in [-0.25, -0.2) is 0 Å². The lowest BCUT2D eigenvalue weighted by Gasteiger charge is -2.19. The zero-order valence-corrected chi connectivity index (χ0v) is 14.3. The maximum atomic E-state index is 3.53. The van der Waals surface area contributed by atoms with Crippen LogP contribution in [-0.2, 0) is 11.8 Å². The molecule has 0 saturated carbocycles. The van der Waals surface area contributed by atoms with Crippen molar-refractivity contribution in [2.75, 3.05) is 13.1 Å². The summed E-state index contributed by atoms with van der Waals surface area (Å²) in [6.45, 7) is 15.9. The summed E-state index contributed by atoms with van der Waals surface area (Å²) < 4.78 is 0. The molecule has 0 radical (unpaired) electrons. The van der Waals surface area contributed by atoms with Crippen LogP contribution in [0.2, 0.25) is 0 Å². The molecule has 0 aliphatic heterocycles. The van der Waals surface area contributed by atoms with E-state index in [0.29, 0.717) is 0 Å². The highest BCUT2D eigenvalue weighted by Crippen LogP contribution is 2.23. The molecule has 0 heterocycles. The molecular weight excluding hydrogens is 242 g/mol. The fourth-order valence-electron chi connectivity index (χ4n) is 2.38. The topological polar surface area (TPSA) is 12.0 Å². The maximum absolute atomic E-state index is 3.53. The number of nitrogens with one attached hydrogen (secondary N) is 1. The first kappa shape index (κ1) is 17.2. The van der Waals surface area contributed by atoms with Gasteiger partial charge in [0.1, 0.15) is 0 Å². The molecule has 0 saturated heterocycles. The van der Waals surface area contributed by atoms with Gasteiger partial charge in [0.2, 0.25) is 0 Å². The van der Waals surface area contributed by atoms with Gasteiger partial charge in [-0.1, -0.05) is 65.8 Å². The Kier molecular flexibility index (Phi) is 6.75. The van der Waals surface area contributed by atoms with E-state index in [0.717, 1.165) is 24.9 Å². The Labute approximate surface area is 126 Å². The Morgan fingerprint density at radius 3 is 2.10 bits per heavy atom. The maximum Gasteiger partial charge on any atom is -0.00258 e. The third-order valence-corrected chi connectivity index (χ3v) is 3.77. The molecule has 0 fully saturated rings. The van der Waals surface area contributed by atoms with Crippen LogP contribution < -0.4 is 5.32 Å². The lowest BCUT2D eigenvalue weighted by atomic mass is 9.86. The lowest BCUT2D eigenvalue weighted by Crippen LogP contribution is -2.22. The van der Waals surface area contributed by atoms with E-state index in [9.17, 15) is 0 Å². The molecule has 20 heavy (non-hydrogen) atoms. The van der Waals surface area contributed by atoms with E-state index in [1.165, 1.54) is 24.0 Å². The number of hydrogen-bond donors (Lipinski definition) is 1. The van der Waals surface area contributed by atoms with Gasteiger partial charge < -0.3 is 5.32 Å². The number of rotatable bonds is 7. The molecule has 0 bridgehead atoms. The molecule has 114 valence electrons. The second-order valence-corrected chi connectivity index (χ2v) is 7.64. The van der Waals surface area contributed by atoms with E-state index in [-0.39, 0.29) is 5.41 Å². The van der Waals surface area contributed by atoms with Crippen LogP contribution in [0.3, 0.4) is 0 Å². The Bertz CT molecular complexity index is 370. The van der Waals surface area contributed by atoms with E-state index >= 15 is 0 Å². The predicted octanol–water partition coefficient (Wildman–Crippen LogP) is 4.80. The SMILES string of the molecule is CC(C)CNCCC(C)Cc1ccc(C(C)(C)C)cc1. The second-order valence-electron chi connectivity index (χ2n) is 7.64. The molecule has 1 heteroatoms. The van der Waals surface area contributed by atoms with Gasteiger partial charge >= 0.3 is 0 Å². The van der Waals surface area contributed by atoms with Crippen molar-refractivity contribution in [1.29, 1.82) is 0 Å². The first-order valence-corrected chi connectivity index (χ1v) is 8.09. The molecule has 1 atom stereocenters. The number of benzene rings is 1. The highest BCUT2D eigenvalue weighted by molar-refractivity contribution is 5.27. The van der Waals surface area contributed by atoms with Gasteiger partial charge in [0.25, 0.3) is 0 Å². The van der Waals surface area contributed by atoms with Crippen molar-refractivity contribution < 1.29 is 0 Å². The van der Waals surface area contributed by atoms with Crippen molar-refractivity contribution in [1.82, 2.24) is 5.32 Å². The van der Waals surface area contributed by atoms with E-state index in [1.807, 2.05) is 0 Å². The minimum absolute atomic E-state index is 0.255. The molecule has 0 aliphatic rings. The highest BCUT2D eigenvalue weighted by atomic mass is 14.8. The van der Waals surface area contributed by atoms with Crippen molar-refractivity contribution in [3.63, 3.8) is 0 Å². The molecule has 1 nitrogen and oxygen atoms in total. The normalized spacial score (nSPS) is 13.8. The van der Waals surface area contributed by atoms with Crippen molar-refractivity contribution >= 4 is 0 Å². The first-order valence-electron chi connectivity index (χ1n) is 8.09. The van der Waals surface area contributed by atoms with Crippen LogP contribution in [-0.4, -0.2) is 13.1 Å². The molecule has 0 spiro atoms. The van der Waals surface area contributed by atoms with Gasteiger partial charge in [0.15, 0.2) is 0 Å². The van der Waals surface area contributed by atoms with Crippen molar-refractivity contribution in [2.45, 2.75) is 59.8 Å². The monoisotopic (exact) mass is 275 g/mol. The van der Waals surface area contributed by atoms with Crippen LogP contribution in [0.15, 0.2) is 24.3 Å². The number of hydrogen-bond acceptors (Lipinski definition) is 1. The minimum Gasteiger partial charge on any atom is -0.316 e. The largest absolute Gasteiger partial charge is 0.316 e. The van der Waals surface area contributed by atoms with E-state index in [1.54, 1.807) is 0 Å². The Morgan fingerprint density at radius 1 is 1.00 bits per heavy atom.